The summed E-state index contributed by atoms with van der Waals surface area (Å²) < 4.78 is 7.27. The number of rotatable bonds is 1. The first-order valence-corrected chi connectivity index (χ1v) is 6.98. The first-order valence-electron chi connectivity index (χ1n) is 6.98. The molecule has 0 radical (unpaired) electrons. The zero-order chi connectivity index (χ0) is 12.7. The third-order valence-electron chi connectivity index (χ3n) is 4.05. The quantitative estimate of drug-likeness (QED) is 0.759. The molecule has 2 aliphatic rings. The van der Waals surface area contributed by atoms with Gasteiger partial charge in [0.15, 0.2) is 11.5 Å². The Labute approximate surface area is 111 Å². The molecule has 1 fully saturated rings. The number of hydrogen-bond acceptors (Lipinski definition) is 5. The van der Waals surface area contributed by atoms with Crippen LogP contribution in [0.3, 0.4) is 0 Å². The summed E-state index contributed by atoms with van der Waals surface area (Å²) in [5.74, 6) is 1.12. The predicted molar refractivity (Wildman–Crippen MR) is 70.5 cm³/mol. The normalized spacial score (nSPS) is 19.7. The molecular weight excluding hydrogens is 242 g/mol. The number of fused-ring (bicyclic) bond motifs is 3. The monoisotopic (exact) mass is 259 g/mol. The molecule has 0 bridgehead atoms. The van der Waals surface area contributed by atoms with Gasteiger partial charge in [0.1, 0.15) is 6.33 Å². The van der Waals surface area contributed by atoms with Crippen LogP contribution in [0.2, 0.25) is 0 Å². The molecule has 19 heavy (non-hydrogen) atoms. The molecule has 100 valence electrons. The van der Waals surface area contributed by atoms with E-state index in [1.165, 1.54) is 24.0 Å². The largest absolute Gasteiger partial charge is 0.378 e. The van der Waals surface area contributed by atoms with Crippen LogP contribution in [0.1, 0.15) is 24.0 Å². The average Bonchev–Trinajstić information content (AvgIpc) is 2.96. The minimum absolute atomic E-state index is 0.788. The molecule has 2 aromatic heterocycles. The maximum atomic E-state index is 5.44. The smallest absolute Gasteiger partial charge is 0.181 e. The van der Waals surface area contributed by atoms with Crippen LogP contribution < -0.4 is 4.90 Å². The van der Waals surface area contributed by atoms with Crippen molar-refractivity contribution in [1.82, 2.24) is 19.8 Å². The van der Waals surface area contributed by atoms with Crippen LogP contribution in [0.4, 0.5) is 5.82 Å². The lowest BCUT2D eigenvalue weighted by molar-refractivity contribution is 0.122. The SMILES string of the molecule is c1nnc2c3c(c(N4CCOCC4)nn12)CCCC3. The van der Waals surface area contributed by atoms with E-state index >= 15 is 0 Å². The van der Waals surface area contributed by atoms with Crippen molar-refractivity contribution < 1.29 is 4.74 Å². The van der Waals surface area contributed by atoms with Crippen LogP contribution in [0.25, 0.3) is 5.65 Å². The summed E-state index contributed by atoms with van der Waals surface area (Å²) in [5, 5.41) is 13.0. The number of hydrogen-bond donors (Lipinski definition) is 0. The maximum Gasteiger partial charge on any atom is 0.181 e. The van der Waals surface area contributed by atoms with Gasteiger partial charge in [-0.25, -0.2) is 0 Å². The van der Waals surface area contributed by atoms with E-state index in [0.29, 0.717) is 0 Å². The Morgan fingerprint density at radius 3 is 2.68 bits per heavy atom. The number of morpholine rings is 1. The molecule has 3 heterocycles. The highest BCUT2D eigenvalue weighted by Gasteiger charge is 2.24. The molecule has 1 aliphatic carbocycles. The maximum absolute atomic E-state index is 5.44. The molecule has 0 spiro atoms. The molecule has 0 unspecified atom stereocenters. The fourth-order valence-electron chi connectivity index (χ4n) is 3.09. The second kappa shape index (κ2) is 4.45. The molecule has 4 rings (SSSR count). The molecule has 0 amide bonds. The van der Waals surface area contributed by atoms with Gasteiger partial charge in [-0.2, -0.15) is 4.52 Å². The zero-order valence-electron chi connectivity index (χ0n) is 10.9. The van der Waals surface area contributed by atoms with Crippen molar-refractivity contribution >= 4 is 11.5 Å². The van der Waals surface area contributed by atoms with Gasteiger partial charge in [-0.05, 0) is 25.7 Å². The van der Waals surface area contributed by atoms with E-state index in [9.17, 15) is 0 Å². The van der Waals surface area contributed by atoms with E-state index in [1.54, 1.807) is 6.33 Å². The number of ether oxygens (including phenoxy) is 1. The van der Waals surface area contributed by atoms with Crippen LogP contribution in [-0.2, 0) is 17.6 Å². The highest BCUT2D eigenvalue weighted by Crippen LogP contribution is 2.31. The van der Waals surface area contributed by atoms with Crippen molar-refractivity contribution in [2.75, 3.05) is 31.2 Å². The molecule has 2 aromatic rings. The van der Waals surface area contributed by atoms with Gasteiger partial charge in [-0.3, -0.25) is 0 Å². The topological polar surface area (TPSA) is 55.5 Å². The van der Waals surface area contributed by atoms with Crippen molar-refractivity contribution in [3.8, 4) is 0 Å². The summed E-state index contributed by atoms with van der Waals surface area (Å²) in [6.45, 7) is 3.42. The summed E-state index contributed by atoms with van der Waals surface area (Å²) in [6.07, 6.45) is 6.39. The van der Waals surface area contributed by atoms with Gasteiger partial charge < -0.3 is 9.64 Å². The molecule has 0 atom stereocenters. The molecule has 1 aliphatic heterocycles. The fourth-order valence-corrected chi connectivity index (χ4v) is 3.09. The Bertz CT molecular complexity index is 602. The fraction of sp³-hybridized carbons (Fsp3) is 0.615. The Balaban J connectivity index is 1.88. The minimum Gasteiger partial charge on any atom is -0.378 e. The van der Waals surface area contributed by atoms with Gasteiger partial charge >= 0.3 is 0 Å². The lowest BCUT2D eigenvalue weighted by atomic mass is 9.92. The van der Waals surface area contributed by atoms with Gasteiger partial charge in [0.25, 0.3) is 0 Å². The van der Waals surface area contributed by atoms with E-state index in [4.69, 9.17) is 9.84 Å². The Morgan fingerprint density at radius 1 is 1.05 bits per heavy atom. The standard InChI is InChI=1S/C13H17N5O/c1-2-4-11-10(3-1)12-15-14-9-18(12)16-13(11)17-5-7-19-8-6-17/h9H,1-8H2. The van der Waals surface area contributed by atoms with Crippen LogP contribution >= 0.6 is 0 Å². The van der Waals surface area contributed by atoms with Crippen LogP contribution in [-0.4, -0.2) is 46.1 Å². The number of nitrogens with zero attached hydrogens (tertiary/aromatic N) is 5. The second-order valence-corrected chi connectivity index (χ2v) is 5.19. The highest BCUT2D eigenvalue weighted by molar-refractivity contribution is 5.61. The molecule has 6 heteroatoms. The summed E-state index contributed by atoms with van der Waals surface area (Å²) in [6, 6.07) is 0. The third kappa shape index (κ3) is 1.78. The molecule has 0 aromatic carbocycles. The third-order valence-corrected chi connectivity index (χ3v) is 4.05. The van der Waals surface area contributed by atoms with E-state index in [-0.39, 0.29) is 0 Å². The van der Waals surface area contributed by atoms with Crippen LogP contribution in [0.5, 0.6) is 0 Å². The Morgan fingerprint density at radius 2 is 1.84 bits per heavy atom. The van der Waals surface area contributed by atoms with Crippen LogP contribution in [0.15, 0.2) is 6.33 Å². The van der Waals surface area contributed by atoms with E-state index < -0.39 is 0 Å². The van der Waals surface area contributed by atoms with Gasteiger partial charge in [-0.1, -0.05) is 0 Å². The summed E-state index contributed by atoms with van der Waals surface area (Å²) in [5.41, 5.74) is 3.67. The Kier molecular flexibility index (Phi) is 2.61. The first kappa shape index (κ1) is 11.2. The van der Waals surface area contributed by atoms with E-state index in [2.05, 4.69) is 15.1 Å². The van der Waals surface area contributed by atoms with E-state index in [1.807, 2.05) is 4.52 Å². The number of aromatic nitrogens is 4. The zero-order valence-corrected chi connectivity index (χ0v) is 10.9. The molecular formula is C13H17N5O. The lowest BCUT2D eigenvalue weighted by Crippen LogP contribution is -2.38. The van der Waals surface area contributed by atoms with Gasteiger partial charge in [0.05, 0.1) is 13.2 Å². The molecule has 0 saturated carbocycles. The second-order valence-electron chi connectivity index (χ2n) is 5.19. The molecule has 0 N–H and O–H groups in total. The van der Waals surface area contributed by atoms with Crippen molar-refractivity contribution in [3.63, 3.8) is 0 Å². The van der Waals surface area contributed by atoms with Crippen molar-refractivity contribution in [3.05, 3.63) is 17.5 Å². The molecule has 6 nitrogen and oxygen atoms in total. The first-order chi connectivity index (χ1) is 9.43. The van der Waals surface area contributed by atoms with Crippen LogP contribution in [0, 0.1) is 0 Å². The Hall–Kier alpha value is -1.69. The number of anilines is 1. The highest BCUT2D eigenvalue weighted by atomic mass is 16.5. The van der Waals surface area contributed by atoms with Crippen molar-refractivity contribution in [1.29, 1.82) is 0 Å². The lowest BCUT2D eigenvalue weighted by Gasteiger charge is -2.31. The number of aryl methyl sites for hydroxylation is 1. The average molecular weight is 259 g/mol. The summed E-state index contributed by atoms with van der Waals surface area (Å²) >= 11 is 0. The predicted octanol–water partition coefficient (Wildman–Crippen LogP) is 0.840. The van der Waals surface area contributed by atoms with Gasteiger partial charge in [-0.15, -0.1) is 15.3 Å². The van der Waals surface area contributed by atoms with E-state index in [0.717, 1.165) is 50.6 Å². The van der Waals surface area contributed by atoms with Gasteiger partial charge in [0.2, 0.25) is 0 Å². The van der Waals surface area contributed by atoms with Crippen molar-refractivity contribution in [2.45, 2.75) is 25.7 Å². The van der Waals surface area contributed by atoms with Gasteiger partial charge in [0, 0.05) is 24.2 Å². The van der Waals surface area contributed by atoms with Crippen molar-refractivity contribution in [2.24, 2.45) is 0 Å². The summed E-state index contributed by atoms with van der Waals surface area (Å²) in [4.78, 5) is 2.34. The minimum atomic E-state index is 0.788. The molecule has 1 saturated heterocycles. The summed E-state index contributed by atoms with van der Waals surface area (Å²) in [7, 11) is 0.